The van der Waals surface area contributed by atoms with Crippen molar-refractivity contribution in [2.24, 2.45) is 4.99 Å². The SMILES string of the molecule is O=C1C(=Cc2ccccc2F)N=C(c2ccc(Cl)cc2)N1c1ccc(O)cc1. The molecule has 0 bridgehead atoms. The minimum Gasteiger partial charge on any atom is -0.508 e. The van der Waals surface area contributed by atoms with Crippen LogP contribution in [0.5, 0.6) is 5.75 Å². The standard InChI is InChI=1S/C22H14ClFN2O2/c23-16-7-5-14(6-8-16)21-25-20(13-15-3-1-2-4-19(15)24)22(28)26(21)17-9-11-18(27)12-10-17/h1-13,27H. The van der Waals surface area contributed by atoms with Gasteiger partial charge in [-0.15, -0.1) is 0 Å². The Morgan fingerprint density at radius 1 is 0.964 bits per heavy atom. The number of nitrogens with zero attached hydrogens (tertiary/aromatic N) is 2. The number of amidine groups is 1. The van der Waals surface area contributed by atoms with Crippen molar-refractivity contribution >= 4 is 35.1 Å². The lowest BCUT2D eigenvalue weighted by Gasteiger charge is -2.18. The van der Waals surface area contributed by atoms with E-state index in [1.54, 1.807) is 54.6 Å². The van der Waals surface area contributed by atoms with Crippen molar-refractivity contribution < 1.29 is 14.3 Å². The second-order valence-electron chi connectivity index (χ2n) is 6.15. The molecule has 1 aliphatic heterocycles. The molecule has 28 heavy (non-hydrogen) atoms. The molecule has 1 heterocycles. The van der Waals surface area contributed by atoms with E-state index in [1.807, 2.05) is 0 Å². The maximum Gasteiger partial charge on any atom is 0.282 e. The zero-order chi connectivity index (χ0) is 19.7. The molecule has 1 amide bonds. The molecule has 3 aromatic rings. The Kier molecular flexibility index (Phi) is 4.67. The van der Waals surface area contributed by atoms with Gasteiger partial charge in [0.2, 0.25) is 0 Å². The quantitative estimate of drug-likeness (QED) is 0.636. The number of carbonyl (C=O) groups is 1. The molecule has 0 aliphatic carbocycles. The van der Waals surface area contributed by atoms with Gasteiger partial charge in [0.15, 0.2) is 0 Å². The largest absolute Gasteiger partial charge is 0.508 e. The van der Waals surface area contributed by atoms with Crippen LogP contribution in [0.4, 0.5) is 10.1 Å². The van der Waals surface area contributed by atoms with Gasteiger partial charge in [0.05, 0.1) is 5.69 Å². The Morgan fingerprint density at radius 3 is 2.32 bits per heavy atom. The number of benzene rings is 3. The normalized spacial score (nSPS) is 15.2. The number of amides is 1. The molecule has 6 heteroatoms. The summed E-state index contributed by atoms with van der Waals surface area (Å²) in [6, 6.07) is 19.3. The fraction of sp³-hybridized carbons (Fsp3) is 0. The fourth-order valence-corrected chi connectivity index (χ4v) is 3.02. The van der Waals surface area contributed by atoms with Crippen molar-refractivity contribution in [2.75, 3.05) is 4.90 Å². The third kappa shape index (κ3) is 3.40. The Balaban J connectivity index is 1.84. The molecular formula is C22H14ClFN2O2. The number of phenolic OH excluding ortho intramolecular Hbond substituents is 1. The molecule has 3 aromatic carbocycles. The second-order valence-corrected chi connectivity index (χ2v) is 6.59. The van der Waals surface area contributed by atoms with Crippen molar-refractivity contribution in [1.29, 1.82) is 0 Å². The van der Waals surface area contributed by atoms with Crippen molar-refractivity contribution in [3.63, 3.8) is 0 Å². The van der Waals surface area contributed by atoms with Gasteiger partial charge in [-0.2, -0.15) is 0 Å². The van der Waals surface area contributed by atoms with Gasteiger partial charge >= 0.3 is 0 Å². The molecule has 0 saturated carbocycles. The third-order valence-corrected chi connectivity index (χ3v) is 4.52. The highest BCUT2D eigenvalue weighted by atomic mass is 35.5. The Bertz CT molecular complexity index is 1110. The number of hydrogen-bond acceptors (Lipinski definition) is 3. The van der Waals surface area contributed by atoms with E-state index in [0.29, 0.717) is 22.1 Å². The van der Waals surface area contributed by atoms with Gasteiger partial charge in [-0.1, -0.05) is 29.8 Å². The summed E-state index contributed by atoms with van der Waals surface area (Å²) in [7, 11) is 0. The lowest BCUT2D eigenvalue weighted by Crippen LogP contribution is -2.32. The molecule has 4 nitrogen and oxygen atoms in total. The monoisotopic (exact) mass is 392 g/mol. The molecule has 1 N–H and O–H groups in total. The Labute approximate surface area is 165 Å². The van der Waals surface area contributed by atoms with Gasteiger partial charge in [-0.05, 0) is 60.7 Å². The van der Waals surface area contributed by atoms with Gasteiger partial charge < -0.3 is 5.11 Å². The number of aliphatic imine (C=N–C) groups is 1. The van der Waals surface area contributed by atoms with E-state index < -0.39 is 5.82 Å². The third-order valence-electron chi connectivity index (χ3n) is 4.27. The van der Waals surface area contributed by atoms with Crippen LogP contribution in [0.3, 0.4) is 0 Å². The summed E-state index contributed by atoms with van der Waals surface area (Å²) < 4.78 is 14.0. The molecule has 1 aliphatic rings. The Hall–Kier alpha value is -3.44. The van der Waals surface area contributed by atoms with Gasteiger partial charge in [-0.25, -0.2) is 9.38 Å². The van der Waals surface area contributed by atoms with E-state index in [1.165, 1.54) is 29.2 Å². The van der Waals surface area contributed by atoms with Crippen molar-refractivity contribution in [3.05, 3.63) is 100 Å². The van der Waals surface area contributed by atoms with Crippen LogP contribution in [0.1, 0.15) is 11.1 Å². The summed E-state index contributed by atoms with van der Waals surface area (Å²) >= 11 is 5.97. The topological polar surface area (TPSA) is 52.9 Å². The van der Waals surface area contributed by atoms with Crippen LogP contribution >= 0.6 is 11.6 Å². The summed E-state index contributed by atoms with van der Waals surface area (Å²) in [6.07, 6.45) is 1.42. The van der Waals surface area contributed by atoms with Crippen LogP contribution in [0.2, 0.25) is 5.02 Å². The average Bonchev–Trinajstić information content (AvgIpc) is 3.01. The van der Waals surface area contributed by atoms with E-state index in [2.05, 4.69) is 4.99 Å². The molecule has 0 aromatic heterocycles. The van der Waals surface area contributed by atoms with E-state index in [9.17, 15) is 14.3 Å². The minimum absolute atomic E-state index is 0.0856. The molecule has 0 spiro atoms. The highest BCUT2D eigenvalue weighted by Gasteiger charge is 2.32. The zero-order valence-corrected chi connectivity index (χ0v) is 15.3. The molecule has 0 unspecified atom stereocenters. The summed E-state index contributed by atoms with van der Waals surface area (Å²) in [5, 5.41) is 10.1. The van der Waals surface area contributed by atoms with Crippen LogP contribution < -0.4 is 4.90 Å². The van der Waals surface area contributed by atoms with Crippen LogP contribution in [0.25, 0.3) is 6.08 Å². The predicted octanol–water partition coefficient (Wildman–Crippen LogP) is 5.02. The fourth-order valence-electron chi connectivity index (χ4n) is 2.89. The number of carbonyl (C=O) groups excluding carboxylic acids is 1. The summed E-state index contributed by atoms with van der Waals surface area (Å²) in [4.78, 5) is 19.0. The highest BCUT2D eigenvalue weighted by molar-refractivity contribution is 6.34. The van der Waals surface area contributed by atoms with Gasteiger partial charge in [-0.3, -0.25) is 9.69 Å². The second kappa shape index (κ2) is 7.29. The highest BCUT2D eigenvalue weighted by Crippen LogP contribution is 2.29. The summed E-state index contributed by atoms with van der Waals surface area (Å²) in [5.74, 6) is -0.342. The Morgan fingerprint density at radius 2 is 1.64 bits per heavy atom. The van der Waals surface area contributed by atoms with E-state index in [0.717, 1.165) is 0 Å². The first-order chi connectivity index (χ1) is 13.5. The average molecular weight is 393 g/mol. The number of hydrogen-bond donors (Lipinski definition) is 1. The first-order valence-electron chi connectivity index (χ1n) is 8.47. The molecule has 0 atom stereocenters. The van der Waals surface area contributed by atoms with Crippen LogP contribution in [0.15, 0.2) is 83.5 Å². The molecular weight excluding hydrogens is 379 g/mol. The van der Waals surface area contributed by atoms with Crippen molar-refractivity contribution in [3.8, 4) is 5.75 Å². The van der Waals surface area contributed by atoms with Gasteiger partial charge in [0.1, 0.15) is 23.1 Å². The van der Waals surface area contributed by atoms with Gasteiger partial charge in [0, 0.05) is 16.1 Å². The van der Waals surface area contributed by atoms with E-state index in [4.69, 9.17) is 11.6 Å². The zero-order valence-electron chi connectivity index (χ0n) is 14.5. The number of halogens is 2. The summed E-state index contributed by atoms with van der Waals surface area (Å²) in [6.45, 7) is 0. The maximum absolute atomic E-state index is 14.0. The first-order valence-corrected chi connectivity index (χ1v) is 8.85. The number of aromatic hydroxyl groups is 1. The van der Waals surface area contributed by atoms with Crippen LogP contribution in [-0.4, -0.2) is 16.8 Å². The summed E-state index contributed by atoms with van der Waals surface area (Å²) in [5.41, 5.74) is 1.61. The maximum atomic E-state index is 14.0. The van der Waals surface area contributed by atoms with E-state index >= 15 is 0 Å². The minimum atomic E-state index is -0.436. The molecule has 4 rings (SSSR count). The lowest BCUT2D eigenvalue weighted by molar-refractivity contribution is -0.113. The van der Waals surface area contributed by atoms with Crippen LogP contribution in [-0.2, 0) is 4.79 Å². The van der Waals surface area contributed by atoms with Crippen molar-refractivity contribution in [2.45, 2.75) is 0 Å². The molecule has 0 fully saturated rings. The van der Waals surface area contributed by atoms with Crippen molar-refractivity contribution in [1.82, 2.24) is 0 Å². The first kappa shape index (κ1) is 17.9. The smallest absolute Gasteiger partial charge is 0.282 e. The predicted molar refractivity (Wildman–Crippen MR) is 108 cm³/mol. The molecule has 0 radical (unpaired) electrons. The molecule has 0 saturated heterocycles. The number of anilines is 1. The van der Waals surface area contributed by atoms with Gasteiger partial charge in [0.25, 0.3) is 5.91 Å². The molecule has 138 valence electrons. The van der Waals surface area contributed by atoms with E-state index in [-0.39, 0.29) is 22.9 Å². The van der Waals surface area contributed by atoms with Crippen LogP contribution in [0, 0.1) is 5.82 Å². The number of rotatable bonds is 3. The number of phenols is 1. The lowest BCUT2D eigenvalue weighted by atomic mass is 10.1.